The highest BCUT2D eigenvalue weighted by atomic mass is 79.9. The molecule has 1 aromatic heterocycles. The number of methoxy groups -OCH3 is 1. The Hall–Kier alpha value is -0.840. The molecule has 4 heteroatoms. The molecule has 0 aliphatic heterocycles. The predicted molar refractivity (Wildman–Crippen MR) is 75.6 cm³/mol. The molecule has 1 unspecified atom stereocenters. The summed E-state index contributed by atoms with van der Waals surface area (Å²) in [5.74, 6) is 0.845. The Morgan fingerprint density at radius 3 is 2.82 bits per heavy atom. The van der Waals surface area contributed by atoms with Gasteiger partial charge in [-0.25, -0.2) is 0 Å². The first-order chi connectivity index (χ1) is 8.20. The number of halogens is 1. The fraction of sp³-hybridized carbons (Fsp3) is 0.231. The zero-order valence-electron chi connectivity index (χ0n) is 9.52. The van der Waals surface area contributed by atoms with Crippen LogP contribution in [-0.2, 0) is 6.42 Å². The minimum Gasteiger partial charge on any atom is -0.496 e. The molecule has 0 bridgehead atoms. The Balaban J connectivity index is 2.11. The van der Waals surface area contributed by atoms with Crippen molar-refractivity contribution in [2.24, 2.45) is 5.73 Å². The van der Waals surface area contributed by atoms with Crippen molar-refractivity contribution in [2.45, 2.75) is 12.5 Å². The molecule has 0 spiro atoms. The number of thiophene rings is 1. The van der Waals surface area contributed by atoms with Crippen LogP contribution >= 0.6 is 27.3 Å². The molecule has 0 fully saturated rings. The van der Waals surface area contributed by atoms with Gasteiger partial charge in [0, 0.05) is 6.04 Å². The molecule has 1 aromatic carbocycles. The third kappa shape index (κ3) is 3.09. The number of hydrogen-bond donors (Lipinski definition) is 1. The van der Waals surface area contributed by atoms with Crippen LogP contribution in [0.25, 0.3) is 0 Å². The third-order valence-electron chi connectivity index (χ3n) is 2.64. The van der Waals surface area contributed by atoms with E-state index < -0.39 is 0 Å². The lowest BCUT2D eigenvalue weighted by Gasteiger charge is -2.11. The minimum absolute atomic E-state index is 0.0570. The van der Waals surface area contributed by atoms with Gasteiger partial charge in [-0.05, 0) is 62.4 Å². The highest BCUT2D eigenvalue weighted by molar-refractivity contribution is 9.10. The fourth-order valence-electron chi connectivity index (χ4n) is 1.69. The van der Waals surface area contributed by atoms with Gasteiger partial charge < -0.3 is 10.5 Å². The van der Waals surface area contributed by atoms with E-state index in [1.165, 1.54) is 11.1 Å². The van der Waals surface area contributed by atoms with E-state index in [0.29, 0.717) is 0 Å². The second-order valence-electron chi connectivity index (χ2n) is 3.84. The van der Waals surface area contributed by atoms with E-state index in [-0.39, 0.29) is 6.04 Å². The van der Waals surface area contributed by atoms with Crippen LogP contribution in [-0.4, -0.2) is 7.11 Å². The maximum absolute atomic E-state index is 6.15. The van der Waals surface area contributed by atoms with E-state index >= 15 is 0 Å². The lowest BCUT2D eigenvalue weighted by atomic mass is 10.0. The lowest BCUT2D eigenvalue weighted by Crippen LogP contribution is -2.12. The van der Waals surface area contributed by atoms with Gasteiger partial charge in [-0.1, -0.05) is 6.07 Å². The van der Waals surface area contributed by atoms with Crippen LogP contribution in [0, 0.1) is 0 Å². The van der Waals surface area contributed by atoms with Crippen molar-refractivity contribution >= 4 is 27.3 Å². The molecule has 0 saturated heterocycles. The topological polar surface area (TPSA) is 35.2 Å². The molecule has 0 radical (unpaired) electrons. The number of benzene rings is 1. The van der Waals surface area contributed by atoms with Gasteiger partial charge in [0.15, 0.2) is 0 Å². The van der Waals surface area contributed by atoms with E-state index in [2.05, 4.69) is 44.9 Å². The normalized spacial score (nSPS) is 12.4. The Morgan fingerprint density at radius 2 is 2.24 bits per heavy atom. The zero-order valence-corrected chi connectivity index (χ0v) is 11.9. The van der Waals surface area contributed by atoms with Gasteiger partial charge in [0.1, 0.15) is 5.75 Å². The summed E-state index contributed by atoms with van der Waals surface area (Å²) in [6.07, 6.45) is 0.833. The summed E-state index contributed by atoms with van der Waals surface area (Å²) in [7, 11) is 1.66. The molecule has 0 aliphatic rings. The van der Waals surface area contributed by atoms with Crippen molar-refractivity contribution in [1.82, 2.24) is 0 Å². The number of hydrogen-bond acceptors (Lipinski definition) is 3. The van der Waals surface area contributed by atoms with Crippen molar-refractivity contribution < 1.29 is 4.74 Å². The van der Waals surface area contributed by atoms with Crippen molar-refractivity contribution in [2.75, 3.05) is 7.11 Å². The van der Waals surface area contributed by atoms with Crippen LogP contribution in [0.1, 0.15) is 17.2 Å². The molecule has 1 atom stereocenters. The molecular weight excluding hydrogens is 298 g/mol. The third-order valence-corrected chi connectivity index (χ3v) is 3.96. The molecule has 2 aromatic rings. The number of nitrogens with two attached hydrogens (primary N) is 1. The Bertz CT molecular complexity index is 484. The molecular formula is C13H14BrNOS. The summed E-state index contributed by atoms with van der Waals surface area (Å²) in [6.45, 7) is 0. The van der Waals surface area contributed by atoms with E-state index in [1.54, 1.807) is 18.4 Å². The summed E-state index contributed by atoms with van der Waals surface area (Å²) < 4.78 is 6.17. The number of ether oxygens (including phenoxy) is 1. The first kappa shape index (κ1) is 12.6. The standard InChI is InChI=1S/C13H14BrNOS/c1-16-13-3-2-9(6-11(13)14)7-12(15)10-4-5-17-8-10/h2-6,8,12H,7,15H2,1H3. The van der Waals surface area contributed by atoms with Crippen molar-refractivity contribution in [3.05, 3.63) is 50.6 Å². The van der Waals surface area contributed by atoms with Crippen molar-refractivity contribution in [1.29, 1.82) is 0 Å². The quantitative estimate of drug-likeness (QED) is 0.933. The van der Waals surface area contributed by atoms with Crippen LogP contribution < -0.4 is 10.5 Å². The lowest BCUT2D eigenvalue weighted by molar-refractivity contribution is 0.412. The summed E-state index contributed by atoms with van der Waals surface area (Å²) >= 11 is 5.16. The predicted octanol–water partition coefficient (Wildman–Crippen LogP) is 3.76. The molecule has 90 valence electrons. The average Bonchev–Trinajstić information content (AvgIpc) is 2.82. The van der Waals surface area contributed by atoms with Crippen molar-refractivity contribution in [3.63, 3.8) is 0 Å². The van der Waals surface area contributed by atoms with Gasteiger partial charge in [0.2, 0.25) is 0 Å². The Labute approximate surface area is 114 Å². The second-order valence-corrected chi connectivity index (χ2v) is 5.47. The summed E-state index contributed by atoms with van der Waals surface area (Å²) in [5.41, 5.74) is 8.55. The Kier molecular flexibility index (Phi) is 4.20. The van der Waals surface area contributed by atoms with Crippen LogP contribution in [0.15, 0.2) is 39.5 Å². The largest absolute Gasteiger partial charge is 0.496 e. The van der Waals surface area contributed by atoms with Gasteiger partial charge in [-0.15, -0.1) is 0 Å². The van der Waals surface area contributed by atoms with Gasteiger partial charge in [-0.3, -0.25) is 0 Å². The number of rotatable bonds is 4. The molecule has 0 amide bonds. The van der Waals surface area contributed by atoms with Gasteiger partial charge in [-0.2, -0.15) is 11.3 Å². The fourth-order valence-corrected chi connectivity index (χ4v) is 3.01. The molecule has 17 heavy (non-hydrogen) atoms. The summed E-state index contributed by atoms with van der Waals surface area (Å²) in [6, 6.07) is 8.20. The molecule has 2 rings (SSSR count). The highest BCUT2D eigenvalue weighted by Crippen LogP contribution is 2.27. The van der Waals surface area contributed by atoms with Crippen LogP contribution in [0.5, 0.6) is 5.75 Å². The maximum atomic E-state index is 6.15. The summed E-state index contributed by atoms with van der Waals surface area (Å²) in [4.78, 5) is 0. The SMILES string of the molecule is COc1ccc(CC(N)c2ccsc2)cc1Br. The van der Waals surface area contributed by atoms with E-state index in [0.717, 1.165) is 16.6 Å². The van der Waals surface area contributed by atoms with Gasteiger partial charge >= 0.3 is 0 Å². The highest BCUT2D eigenvalue weighted by Gasteiger charge is 2.09. The smallest absolute Gasteiger partial charge is 0.133 e. The zero-order chi connectivity index (χ0) is 12.3. The van der Waals surface area contributed by atoms with Crippen LogP contribution in [0.2, 0.25) is 0 Å². The van der Waals surface area contributed by atoms with Gasteiger partial charge in [0.25, 0.3) is 0 Å². The molecule has 2 N–H and O–H groups in total. The Morgan fingerprint density at radius 1 is 1.41 bits per heavy atom. The summed E-state index contributed by atoms with van der Waals surface area (Å²) in [5, 5.41) is 4.16. The second kappa shape index (κ2) is 5.67. The van der Waals surface area contributed by atoms with E-state index in [9.17, 15) is 0 Å². The minimum atomic E-state index is 0.0570. The molecule has 2 nitrogen and oxygen atoms in total. The maximum Gasteiger partial charge on any atom is 0.133 e. The monoisotopic (exact) mass is 311 g/mol. The first-order valence-corrected chi connectivity index (χ1v) is 7.04. The molecule has 1 heterocycles. The first-order valence-electron chi connectivity index (χ1n) is 5.31. The van der Waals surface area contributed by atoms with Crippen LogP contribution in [0.4, 0.5) is 0 Å². The molecule has 0 aliphatic carbocycles. The van der Waals surface area contributed by atoms with Gasteiger partial charge in [0.05, 0.1) is 11.6 Å². The average molecular weight is 312 g/mol. The van der Waals surface area contributed by atoms with E-state index in [1.807, 2.05) is 6.07 Å². The van der Waals surface area contributed by atoms with Crippen molar-refractivity contribution in [3.8, 4) is 5.75 Å². The molecule has 0 saturated carbocycles. The van der Waals surface area contributed by atoms with Crippen LogP contribution in [0.3, 0.4) is 0 Å². The van der Waals surface area contributed by atoms with E-state index in [4.69, 9.17) is 10.5 Å².